The van der Waals surface area contributed by atoms with E-state index in [0.717, 1.165) is 0 Å². The lowest BCUT2D eigenvalue weighted by Gasteiger charge is -2.06. The second-order valence-electron chi connectivity index (χ2n) is 6.21. The fourth-order valence-corrected chi connectivity index (χ4v) is 2.95. The summed E-state index contributed by atoms with van der Waals surface area (Å²) < 4.78 is 1.54. The van der Waals surface area contributed by atoms with E-state index >= 15 is 0 Å². The first-order valence-electron chi connectivity index (χ1n) is 8.62. The number of phenolic OH excluding ortho intramolecular Hbond substituents is 1. The molecule has 0 unspecified atom stereocenters. The zero-order chi connectivity index (χ0) is 20.4. The van der Waals surface area contributed by atoms with Gasteiger partial charge in [-0.15, -0.1) is 5.10 Å². The molecule has 1 amide bonds. The molecule has 0 fully saturated rings. The minimum atomic E-state index is -0.426. The quantitative estimate of drug-likeness (QED) is 0.536. The van der Waals surface area contributed by atoms with Gasteiger partial charge in [-0.25, -0.2) is 14.6 Å². The Balaban J connectivity index is 1.53. The van der Waals surface area contributed by atoms with Gasteiger partial charge >= 0.3 is 0 Å². The van der Waals surface area contributed by atoms with Crippen LogP contribution in [0, 0.1) is 6.92 Å². The van der Waals surface area contributed by atoms with Gasteiger partial charge in [-0.3, -0.25) is 4.79 Å². The Morgan fingerprint density at radius 3 is 2.59 bits per heavy atom. The van der Waals surface area contributed by atoms with Crippen molar-refractivity contribution in [1.82, 2.24) is 25.0 Å². The summed E-state index contributed by atoms with van der Waals surface area (Å²) in [6.45, 7) is 1.75. The highest BCUT2D eigenvalue weighted by atomic mass is 35.5. The Hall–Kier alpha value is -3.78. The molecule has 9 heteroatoms. The lowest BCUT2D eigenvalue weighted by Crippen LogP contribution is -2.14. The van der Waals surface area contributed by atoms with Crippen molar-refractivity contribution in [3.63, 3.8) is 0 Å². The first-order valence-corrected chi connectivity index (χ1v) is 9.00. The summed E-state index contributed by atoms with van der Waals surface area (Å²) in [5, 5.41) is 20.9. The summed E-state index contributed by atoms with van der Waals surface area (Å²) in [5.74, 6) is 0.133. The van der Waals surface area contributed by atoms with Crippen molar-refractivity contribution < 1.29 is 9.90 Å². The van der Waals surface area contributed by atoms with Gasteiger partial charge in [-0.2, -0.15) is 0 Å². The van der Waals surface area contributed by atoms with Gasteiger partial charge in [0.05, 0.1) is 29.5 Å². The molecule has 4 rings (SSSR count). The Kier molecular flexibility index (Phi) is 4.92. The molecule has 0 aliphatic rings. The molecule has 2 aromatic carbocycles. The summed E-state index contributed by atoms with van der Waals surface area (Å²) in [6, 6.07) is 13.7. The topological polar surface area (TPSA) is 106 Å². The Labute approximate surface area is 170 Å². The van der Waals surface area contributed by atoms with Gasteiger partial charge in [-0.05, 0) is 37.3 Å². The zero-order valence-electron chi connectivity index (χ0n) is 15.2. The van der Waals surface area contributed by atoms with E-state index in [-0.39, 0.29) is 11.4 Å². The van der Waals surface area contributed by atoms with Crippen molar-refractivity contribution in [3.05, 3.63) is 77.3 Å². The summed E-state index contributed by atoms with van der Waals surface area (Å²) in [6.07, 6.45) is 2.97. The number of carbonyl (C=O) groups excluding carboxylic acids is 1. The van der Waals surface area contributed by atoms with E-state index in [2.05, 4.69) is 25.6 Å². The molecule has 144 valence electrons. The van der Waals surface area contributed by atoms with E-state index < -0.39 is 5.91 Å². The Morgan fingerprint density at radius 2 is 1.86 bits per heavy atom. The number of rotatable bonds is 4. The van der Waals surface area contributed by atoms with E-state index in [1.807, 2.05) is 6.07 Å². The molecule has 0 aliphatic heterocycles. The third kappa shape index (κ3) is 3.92. The molecular weight excluding hydrogens is 392 g/mol. The highest BCUT2D eigenvalue weighted by molar-refractivity contribution is 6.30. The molecule has 0 saturated carbocycles. The smallest absolute Gasteiger partial charge is 0.278 e. The molecule has 29 heavy (non-hydrogen) atoms. The van der Waals surface area contributed by atoms with Gasteiger partial charge in [0.2, 0.25) is 0 Å². The molecule has 2 aromatic heterocycles. The molecule has 4 aromatic rings. The number of nitrogens with zero attached hydrogens (tertiary/aromatic N) is 5. The number of phenols is 1. The molecule has 0 aliphatic carbocycles. The van der Waals surface area contributed by atoms with Crippen LogP contribution in [0.4, 0.5) is 5.69 Å². The van der Waals surface area contributed by atoms with Gasteiger partial charge in [0.15, 0.2) is 11.5 Å². The van der Waals surface area contributed by atoms with E-state index in [0.29, 0.717) is 33.5 Å². The van der Waals surface area contributed by atoms with Gasteiger partial charge in [0.1, 0.15) is 5.75 Å². The normalized spacial score (nSPS) is 10.7. The number of aromatic nitrogens is 5. The maximum atomic E-state index is 12.6. The van der Waals surface area contributed by atoms with Crippen molar-refractivity contribution in [2.75, 3.05) is 5.32 Å². The number of amides is 1. The van der Waals surface area contributed by atoms with Gasteiger partial charge in [0, 0.05) is 10.6 Å². The monoisotopic (exact) mass is 406 g/mol. The first kappa shape index (κ1) is 18.6. The average Bonchev–Trinajstić information content (AvgIpc) is 3.10. The molecule has 8 nitrogen and oxygen atoms in total. The van der Waals surface area contributed by atoms with Gasteiger partial charge in [-0.1, -0.05) is 35.0 Å². The zero-order valence-corrected chi connectivity index (χ0v) is 16.0. The summed E-state index contributed by atoms with van der Waals surface area (Å²) >= 11 is 6.02. The van der Waals surface area contributed by atoms with E-state index in [1.54, 1.807) is 54.1 Å². The third-order valence-corrected chi connectivity index (χ3v) is 4.41. The molecule has 2 heterocycles. The van der Waals surface area contributed by atoms with E-state index in [9.17, 15) is 9.90 Å². The largest absolute Gasteiger partial charge is 0.508 e. The molecule has 0 bridgehead atoms. The molecule has 2 N–H and O–H groups in total. The number of benzene rings is 2. The maximum absolute atomic E-state index is 12.6. The fourth-order valence-electron chi connectivity index (χ4n) is 2.77. The lowest BCUT2D eigenvalue weighted by atomic mass is 10.2. The fraction of sp³-hybridized carbons (Fsp3) is 0.0500. The molecule has 0 radical (unpaired) electrons. The van der Waals surface area contributed by atoms with E-state index in [1.165, 1.54) is 12.4 Å². The van der Waals surface area contributed by atoms with Crippen LogP contribution in [0.3, 0.4) is 0 Å². The lowest BCUT2D eigenvalue weighted by molar-refractivity contribution is 0.102. The third-order valence-electron chi connectivity index (χ3n) is 4.18. The van der Waals surface area contributed by atoms with Crippen LogP contribution < -0.4 is 5.32 Å². The van der Waals surface area contributed by atoms with Gasteiger partial charge in [0.25, 0.3) is 5.91 Å². The van der Waals surface area contributed by atoms with Crippen LogP contribution in [-0.4, -0.2) is 36.0 Å². The minimum Gasteiger partial charge on any atom is -0.508 e. The van der Waals surface area contributed by atoms with Crippen LogP contribution in [-0.2, 0) is 0 Å². The second kappa shape index (κ2) is 7.69. The molecule has 0 saturated heterocycles. The van der Waals surface area contributed by atoms with Crippen LogP contribution >= 0.6 is 11.6 Å². The number of carbonyl (C=O) groups is 1. The predicted octanol–water partition coefficient (Wildman–Crippen LogP) is 3.64. The van der Waals surface area contributed by atoms with Crippen LogP contribution in [0.1, 0.15) is 16.2 Å². The molecule has 0 atom stereocenters. The number of halogens is 1. The van der Waals surface area contributed by atoms with Crippen molar-refractivity contribution in [2.24, 2.45) is 0 Å². The minimum absolute atomic E-state index is 0.127. The Morgan fingerprint density at radius 1 is 1.10 bits per heavy atom. The number of aromatic hydroxyl groups is 1. The van der Waals surface area contributed by atoms with Crippen molar-refractivity contribution >= 4 is 23.2 Å². The maximum Gasteiger partial charge on any atom is 0.278 e. The SMILES string of the molecule is Cc1c(C(=O)Nc2cnc(-c3cccc(O)c3)nc2)nnn1-c1cccc(Cl)c1. The summed E-state index contributed by atoms with van der Waals surface area (Å²) in [4.78, 5) is 21.1. The first-order chi connectivity index (χ1) is 14.0. The van der Waals surface area contributed by atoms with Gasteiger partial charge < -0.3 is 10.4 Å². The molecule has 0 spiro atoms. The second-order valence-corrected chi connectivity index (χ2v) is 6.65. The number of anilines is 1. The Bertz CT molecular complexity index is 1190. The number of hydrogen-bond donors (Lipinski definition) is 2. The van der Waals surface area contributed by atoms with E-state index in [4.69, 9.17) is 11.6 Å². The van der Waals surface area contributed by atoms with Crippen molar-refractivity contribution in [1.29, 1.82) is 0 Å². The van der Waals surface area contributed by atoms with Crippen LogP contribution in [0.15, 0.2) is 60.9 Å². The van der Waals surface area contributed by atoms with Crippen molar-refractivity contribution in [2.45, 2.75) is 6.92 Å². The predicted molar refractivity (Wildman–Crippen MR) is 108 cm³/mol. The van der Waals surface area contributed by atoms with Crippen LogP contribution in [0.25, 0.3) is 17.1 Å². The van der Waals surface area contributed by atoms with Crippen molar-refractivity contribution in [3.8, 4) is 22.8 Å². The van der Waals surface area contributed by atoms with Crippen LogP contribution in [0.2, 0.25) is 5.02 Å². The summed E-state index contributed by atoms with van der Waals surface area (Å²) in [7, 11) is 0. The molecular formula is C20H15ClN6O2. The highest BCUT2D eigenvalue weighted by Crippen LogP contribution is 2.21. The highest BCUT2D eigenvalue weighted by Gasteiger charge is 2.18. The number of nitrogens with one attached hydrogen (secondary N) is 1. The standard InChI is InChI=1S/C20H15ClN6O2/c1-12-18(25-26-27(12)16-6-3-5-14(21)9-16)20(29)24-15-10-22-19(23-11-15)13-4-2-7-17(28)8-13/h2-11,28H,1H3,(H,24,29). The summed E-state index contributed by atoms with van der Waals surface area (Å²) in [5.41, 5.74) is 2.54. The average molecular weight is 407 g/mol. The van der Waals surface area contributed by atoms with Crippen LogP contribution in [0.5, 0.6) is 5.75 Å². The number of hydrogen-bond acceptors (Lipinski definition) is 6.